The Balaban J connectivity index is 1.58. The summed E-state index contributed by atoms with van der Waals surface area (Å²) in [6.45, 7) is 10.9. The Kier molecular flexibility index (Phi) is 9.70. The van der Waals surface area contributed by atoms with Crippen LogP contribution in [-0.4, -0.2) is 68.3 Å². The smallest absolute Gasteiger partial charge is 0.459 e. The second-order valence-electron chi connectivity index (χ2n) is 12.1. The third-order valence-electron chi connectivity index (χ3n) is 7.11. The van der Waals surface area contributed by atoms with E-state index in [9.17, 15) is 24.8 Å². The van der Waals surface area contributed by atoms with Crippen molar-refractivity contribution in [2.24, 2.45) is 5.92 Å². The van der Waals surface area contributed by atoms with Gasteiger partial charge in [-0.05, 0) is 48.1 Å². The molecule has 2 aromatic heterocycles. The summed E-state index contributed by atoms with van der Waals surface area (Å²) in [5.74, 6) is -0.271. The molecule has 0 bridgehead atoms. The molecule has 1 fully saturated rings. The number of aliphatic hydroxyl groups excluding tert-OH is 2. The van der Waals surface area contributed by atoms with Crippen LogP contribution in [0.2, 0.25) is 0 Å². The highest BCUT2D eigenvalue weighted by atomic mass is 31.2. The zero-order valence-electron chi connectivity index (χ0n) is 25.5. The van der Waals surface area contributed by atoms with E-state index in [4.69, 9.17) is 24.3 Å². The average molecular weight is 631 g/mol. The quantitative estimate of drug-likeness (QED) is 0.178. The normalized spacial score (nSPS) is 24.1. The summed E-state index contributed by atoms with van der Waals surface area (Å²) in [5.41, 5.74) is 5.15. The Bertz CT molecular complexity index is 1570. The molecule has 0 radical (unpaired) electrons. The largest absolute Gasteiger partial charge is 0.464 e. The van der Waals surface area contributed by atoms with Gasteiger partial charge in [0.2, 0.25) is 5.60 Å². The first-order valence-electron chi connectivity index (χ1n) is 14.1. The van der Waals surface area contributed by atoms with Crippen molar-refractivity contribution in [1.29, 1.82) is 5.26 Å². The lowest BCUT2D eigenvalue weighted by Crippen LogP contribution is -2.41. The molecule has 0 saturated carbocycles. The maximum absolute atomic E-state index is 14.1. The van der Waals surface area contributed by atoms with Gasteiger partial charge in [0.1, 0.15) is 48.0 Å². The molecule has 1 aromatic carbocycles. The average Bonchev–Trinajstić information content (AvgIpc) is 3.51. The van der Waals surface area contributed by atoms with Gasteiger partial charge in [0.05, 0.1) is 18.9 Å². The number of carbonyl (C=O) groups is 1. The highest BCUT2D eigenvalue weighted by Crippen LogP contribution is 2.47. The molecule has 3 aromatic rings. The fourth-order valence-electron chi connectivity index (χ4n) is 4.63. The first-order chi connectivity index (χ1) is 20.6. The standard InChI is InChI=1S/C29H39N6O8P/c1-17(2)13-40-27(38)18(3)34-44(39,43-20-9-7-19(8-10-20)28(4,5)6)41-14-22-24(36)25(37)29(15-30,42-22)23-12-11-21-26(31)32-16-33-35(21)23/h7-12,16-18,22,24-25,36-37H,13-14H2,1-6H3,(H,34,39)(H2,31,32,33)/t18-,22+,24+,25+,29-,44?/m0/s1. The summed E-state index contributed by atoms with van der Waals surface area (Å²) in [6.07, 6.45) is -3.57. The molecule has 1 saturated heterocycles. The maximum atomic E-state index is 14.1. The molecule has 14 nitrogen and oxygen atoms in total. The van der Waals surface area contributed by atoms with Crippen LogP contribution in [0.4, 0.5) is 5.82 Å². The number of carbonyl (C=O) groups excluding carboxylic acids is 1. The topological polar surface area (TPSA) is 204 Å². The molecule has 0 spiro atoms. The Morgan fingerprint density at radius 2 is 1.91 bits per heavy atom. The van der Waals surface area contributed by atoms with Gasteiger partial charge in [-0.1, -0.05) is 46.8 Å². The first kappa shape index (κ1) is 33.3. The third-order valence-corrected chi connectivity index (χ3v) is 8.75. The molecule has 5 N–H and O–H groups in total. The van der Waals surface area contributed by atoms with Gasteiger partial charge in [0.15, 0.2) is 5.82 Å². The van der Waals surface area contributed by atoms with Crippen LogP contribution in [0.25, 0.3) is 5.52 Å². The van der Waals surface area contributed by atoms with E-state index in [0.717, 1.165) is 5.56 Å². The summed E-state index contributed by atoms with van der Waals surface area (Å²) in [4.78, 5) is 16.5. The van der Waals surface area contributed by atoms with Crippen molar-refractivity contribution in [3.05, 3.63) is 54.0 Å². The number of anilines is 1. The second-order valence-corrected chi connectivity index (χ2v) is 13.8. The number of nitrogen functional groups attached to an aromatic ring is 1. The number of rotatable bonds is 11. The van der Waals surface area contributed by atoms with E-state index >= 15 is 0 Å². The van der Waals surface area contributed by atoms with Gasteiger partial charge in [-0.3, -0.25) is 9.32 Å². The fraction of sp³-hybridized carbons (Fsp3) is 0.517. The molecule has 1 unspecified atom stereocenters. The van der Waals surface area contributed by atoms with Crippen LogP contribution >= 0.6 is 7.75 Å². The highest BCUT2D eigenvalue weighted by Gasteiger charge is 2.58. The number of fused-ring (bicyclic) bond motifs is 1. The van der Waals surface area contributed by atoms with Crippen molar-refractivity contribution in [3.63, 3.8) is 0 Å². The number of hydrogen-bond donors (Lipinski definition) is 4. The number of aromatic nitrogens is 3. The summed E-state index contributed by atoms with van der Waals surface area (Å²) >= 11 is 0. The zero-order chi connectivity index (χ0) is 32.4. The fourth-order valence-corrected chi connectivity index (χ4v) is 6.13. The lowest BCUT2D eigenvalue weighted by molar-refractivity contribution is -0.146. The van der Waals surface area contributed by atoms with Gasteiger partial charge in [0, 0.05) is 0 Å². The zero-order valence-corrected chi connectivity index (χ0v) is 26.4. The molecule has 6 atom stereocenters. The molecule has 0 amide bonds. The van der Waals surface area contributed by atoms with Crippen LogP contribution < -0.4 is 15.3 Å². The minimum atomic E-state index is -4.36. The Labute approximate surface area is 255 Å². The van der Waals surface area contributed by atoms with Crippen LogP contribution in [0.3, 0.4) is 0 Å². The Morgan fingerprint density at radius 1 is 1.23 bits per heavy atom. The van der Waals surface area contributed by atoms with Gasteiger partial charge in [-0.2, -0.15) is 15.4 Å². The number of esters is 1. The minimum Gasteiger partial charge on any atom is -0.464 e. The van der Waals surface area contributed by atoms with Gasteiger partial charge in [-0.15, -0.1) is 0 Å². The maximum Gasteiger partial charge on any atom is 0.459 e. The van der Waals surface area contributed by atoms with E-state index in [-0.39, 0.29) is 35.2 Å². The molecule has 238 valence electrons. The third kappa shape index (κ3) is 6.89. The molecule has 3 heterocycles. The number of nitrogens with zero attached hydrogens (tertiary/aromatic N) is 4. The number of nitrogens with one attached hydrogen (secondary N) is 1. The van der Waals surface area contributed by atoms with E-state index in [1.807, 2.05) is 52.8 Å². The molecule has 44 heavy (non-hydrogen) atoms. The summed E-state index contributed by atoms with van der Waals surface area (Å²) in [7, 11) is -4.36. The highest BCUT2D eigenvalue weighted by molar-refractivity contribution is 7.52. The van der Waals surface area contributed by atoms with Gasteiger partial charge >= 0.3 is 13.7 Å². The summed E-state index contributed by atoms with van der Waals surface area (Å²) in [6, 6.07) is 10.7. The van der Waals surface area contributed by atoms with Crippen molar-refractivity contribution < 1.29 is 38.1 Å². The number of hydrogen-bond acceptors (Lipinski definition) is 12. The SMILES string of the molecule is CC(C)COC(=O)[C@H](C)NP(=O)(OC[C@H]1O[C@@](C#N)(c2ccc3c(N)ncnn23)[C@H](O)[C@@H]1O)Oc1ccc(C(C)(C)C)cc1. The summed E-state index contributed by atoms with van der Waals surface area (Å²) < 4.78 is 38.0. The Hall–Kier alpha value is -3.57. The molecule has 0 aliphatic carbocycles. The van der Waals surface area contributed by atoms with Crippen LogP contribution in [0.5, 0.6) is 5.75 Å². The lowest BCUT2D eigenvalue weighted by atomic mass is 9.87. The molecular weight excluding hydrogens is 591 g/mol. The number of nitrogens with two attached hydrogens (primary N) is 1. The number of aliphatic hydroxyl groups is 2. The van der Waals surface area contributed by atoms with E-state index in [0.29, 0.717) is 5.52 Å². The van der Waals surface area contributed by atoms with Crippen LogP contribution in [0.1, 0.15) is 52.8 Å². The van der Waals surface area contributed by atoms with Crippen LogP contribution in [0, 0.1) is 17.2 Å². The van der Waals surface area contributed by atoms with E-state index < -0.39 is 50.3 Å². The van der Waals surface area contributed by atoms with E-state index in [1.54, 1.807) is 18.2 Å². The van der Waals surface area contributed by atoms with Crippen molar-refractivity contribution in [2.75, 3.05) is 18.9 Å². The number of ether oxygens (including phenoxy) is 2. The van der Waals surface area contributed by atoms with E-state index in [2.05, 4.69) is 15.2 Å². The number of benzene rings is 1. The Morgan fingerprint density at radius 3 is 2.52 bits per heavy atom. The second kappa shape index (κ2) is 12.8. The summed E-state index contributed by atoms with van der Waals surface area (Å²) in [5, 5.41) is 38.8. The van der Waals surface area contributed by atoms with Gasteiger partial charge in [-0.25, -0.2) is 14.1 Å². The molecular formula is C29H39N6O8P. The van der Waals surface area contributed by atoms with Gasteiger partial charge < -0.3 is 29.9 Å². The van der Waals surface area contributed by atoms with Crippen molar-refractivity contribution in [2.45, 2.75) is 76.9 Å². The number of nitriles is 1. The van der Waals surface area contributed by atoms with Crippen LogP contribution in [0.15, 0.2) is 42.7 Å². The van der Waals surface area contributed by atoms with E-state index in [1.165, 1.54) is 23.8 Å². The first-order valence-corrected chi connectivity index (χ1v) is 15.7. The predicted octanol–water partition coefficient (Wildman–Crippen LogP) is 2.83. The molecule has 4 rings (SSSR count). The minimum absolute atomic E-state index is 0.0835. The van der Waals surface area contributed by atoms with Crippen molar-refractivity contribution in [3.8, 4) is 11.8 Å². The van der Waals surface area contributed by atoms with Gasteiger partial charge in [0.25, 0.3) is 0 Å². The van der Waals surface area contributed by atoms with Crippen molar-refractivity contribution >= 4 is 25.1 Å². The molecule has 15 heteroatoms. The molecule has 1 aliphatic heterocycles. The predicted molar refractivity (Wildman–Crippen MR) is 159 cm³/mol. The van der Waals surface area contributed by atoms with Crippen molar-refractivity contribution in [1.82, 2.24) is 19.7 Å². The lowest BCUT2D eigenvalue weighted by Gasteiger charge is -2.26. The molecule has 1 aliphatic rings. The monoisotopic (exact) mass is 630 g/mol. The van der Waals surface area contributed by atoms with Crippen LogP contribution in [-0.2, 0) is 34.4 Å².